The minimum absolute atomic E-state index is 0.0944. The predicted octanol–water partition coefficient (Wildman–Crippen LogP) is 3.21. The van der Waals surface area contributed by atoms with Crippen molar-refractivity contribution in [3.8, 4) is 5.75 Å². The van der Waals surface area contributed by atoms with Gasteiger partial charge in [-0.1, -0.05) is 12.1 Å². The summed E-state index contributed by atoms with van der Waals surface area (Å²) in [6, 6.07) is 8.57. The van der Waals surface area contributed by atoms with E-state index in [1.165, 1.54) is 12.0 Å². The fourth-order valence-corrected chi connectivity index (χ4v) is 2.78. The zero-order chi connectivity index (χ0) is 15.1. The second kappa shape index (κ2) is 7.91. The maximum absolute atomic E-state index is 12.1. The summed E-state index contributed by atoms with van der Waals surface area (Å²) in [7, 11) is 1.67. The van der Waals surface area contributed by atoms with Gasteiger partial charge in [-0.3, -0.25) is 0 Å². The molecular weight excluding hydrogens is 264 g/mol. The number of benzene rings is 1. The monoisotopic (exact) mass is 290 g/mol. The van der Waals surface area contributed by atoms with Gasteiger partial charge in [0, 0.05) is 19.1 Å². The summed E-state index contributed by atoms with van der Waals surface area (Å²) < 4.78 is 5.14. The van der Waals surface area contributed by atoms with Crippen LogP contribution in [-0.4, -0.2) is 37.2 Å². The second-order valence-electron chi connectivity index (χ2n) is 5.72. The highest BCUT2D eigenvalue weighted by atomic mass is 16.5. The van der Waals surface area contributed by atoms with Crippen LogP contribution in [0.4, 0.5) is 4.79 Å². The maximum atomic E-state index is 12.1. The Balaban J connectivity index is 1.67. The van der Waals surface area contributed by atoms with E-state index >= 15 is 0 Å². The van der Waals surface area contributed by atoms with Crippen LogP contribution in [0.15, 0.2) is 24.3 Å². The first-order chi connectivity index (χ1) is 10.2. The first kappa shape index (κ1) is 15.7. The molecule has 0 aromatic heterocycles. The number of nitrogens with one attached hydrogen (secondary N) is 1. The van der Waals surface area contributed by atoms with Gasteiger partial charge in [0.15, 0.2) is 0 Å². The van der Waals surface area contributed by atoms with Gasteiger partial charge in [0.2, 0.25) is 0 Å². The summed E-state index contributed by atoms with van der Waals surface area (Å²) in [5.41, 5.74) is 1.27. The van der Waals surface area contributed by atoms with Crippen molar-refractivity contribution in [1.82, 2.24) is 10.2 Å². The third kappa shape index (κ3) is 4.66. The van der Waals surface area contributed by atoms with Gasteiger partial charge < -0.3 is 15.0 Å². The number of amides is 2. The van der Waals surface area contributed by atoms with Gasteiger partial charge >= 0.3 is 6.03 Å². The van der Waals surface area contributed by atoms with E-state index in [1.807, 2.05) is 17.0 Å². The number of likely N-dealkylation sites (tertiary alicyclic amines) is 1. The van der Waals surface area contributed by atoms with Gasteiger partial charge in [-0.2, -0.15) is 0 Å². The molecule has 1 aromatic rings. The SMILES string of the molecule is COc1ccc(CCCNC(=O)N2CCCCC2C)cc1. The van der Waals surface area contributed by atoms with Crippen LogP contribution in [0, 0.1) is 0 Å². The molecule has 1 fully saturated rings. The fourth-order valence-electron chi connectivity index (χ4n) is 2.78. The van der Waals surface area contributed by atoms with E-state index in [-0.39, 0.29) is 6.03 Å². The molecule has 2 rings (SSSR count). The molecule has 1 heterocycles. The van der Waals surface area contributed by atoms with Crippen molar-refractivity contribution in [2.24, 2.45) is 0 Å². The number of nitrogens with zero attached hydrogens (tertiary/aromatic N) is 1. The summed E-state index contributed by atoms with van der Waals surface area (Å²) in [5, 5.41) is 3.04. The molecule has 21 heavy (non-hydrogen) atoms. The van der Waals surface area contributed by atoms with Crippen LogP contribution < -0.4 is 10.1 Å². The molecule has 1 saturated heterocycles. The molecule has 1 N–H and O–H groups in total. The van der Waals surface area contributed by atoms with Crippen LogP contribution in [0.3, 0.4) is 0 Å². The number of rotatable bonds is 5. The lowest BCUT2D eigenvalue weighted by molar-refractivity contribution is 0.158. The molecule has 1 aliphatic rings. The Hall–Kier alpha value is -1.71. The molecule has 1 aromatic carbocycles. The Morgan fingerprint density at radius 1 is 1.33 bits per heavy atom. The Bertz CT molecular complexity index is 445. The first-order valence-electron chi connectivity index (χ1n) is 7.88. The Kier molecular flexibility index (Phi) is 5.90. The molecule has 1 aliphatic heterocycles. The summed E-state index contributed by atoms with van der Waals surface area (Å²) in [5.74, 6) is 0.881. The van der Waals surface area contributed by atoms with Gasteiger partial charge in [0.25, 0.3) is 0 Å². The lowest BCUT2D eigenvalue weighted by Gasteiger charge is -2.33. The summed E-state index contributed by atoms with van der Waals surface area (Å²) in [6.07, 6.45) is 5.42. The normalized spacial score (nSPS) is 18.4. The van der Waals surface area contributed by atoms with Crippen LogP contribution >= 0.6 is 0 Å². The first-order valence-corrected chi connectivity index (χ1v) is 7.88. The number of carbonyl (C=O) groups excluding carboxylic acids is 1. The lowest BCUT2D eigenvalue weighted by atomic mass is 10.0. The summed E-state index contributed by atoms with van der Waals surface area (Å²) >= 11 is 0. The van der Waals surface area contributed by atoms with Gasteiger partial charge in [0.1, 0.15) is 5.75 Å². The molecule has 2 amide bonds. The highest BCUT2D eigenvalue weighted by Crippen LogP contribution is 2.16. The predicted molar refractivity (Wildman–Crippen MR) is 84.7 cm³/mol. The van der Waals surface area contributed by atoms with Crippen molar-refractivity contribution in [2.75, 3.05) is 20.2 Å². The molecule has 0 radical (unpaired) electrons. The number of aryl methyl sites for hydroxylation is 1. The molecule has 116 valence electrons. The van der Waals surface area contributed by atoms with Crippen LogP contribution in [0.5, 0.6) is 5.75 Å². The third-order valence-electron chi connectivity index (χ3n) is 4.14. The Morgan fingerprint density at radius 2 is 2.10 bits per heavy atom. The minimum Gasteiger partial charge on any atom is -0.497 e. The average molecular weight is 290 g/mol. The number of methoxy groups -OCH3 is 1. The molecule has 1 unspecified atom stereocenters. The molecular formula is C17H26N2O2. The Morgan fingerprint density at radius 3 is 2.76 bits per heavy atom. The second-order valence-corrected chi connectivity index (χ2v) is 5.72. The zero-order valence-corrected chi connectivity index (χ0v) is 13.1. The quantitative estimate of drug-likeness (QED) is 0.846. The van der Waals surface area contributed by atoms with Gasteiger partial charge in [-0.05, 0) is 56.7 Å². The zero-order valence-electron chi connectivity index (χ0n) is 13.1. The molecule has 0 spiro atoms. The van der Waals surface area contributed by atoms with Crippen molar-refractivity contribution in [3.63, 3.8) is 0 Å². The van der Waals surface area contributed by atoms with E-state index in [0.717, 1.165) is 44.5 Å². The molecule has 4 heteroatoms. The number of piperidine rings is 1. The van der Waals surface area contributed by atoms with Crippen LogP contribution in [0.25, 0.3) is 0 Å². The largest absolute Gasteiger partial charge is 0.497 e. The average Bonchev–Trinajstić information content (AvgIpc) is 2.52. The number of hydrogen-bond acceptors (Lipinski definition) is 2. The number of ether oxygens (including phenoxy) is 1. The van der Waals surface area contributed by atoms with E-state index in [0.29, 0.717) is 6.04 Å². The maximum Gasteiger partial charge on any atom is 0.317 e. The lowest BCUT2D eigenvalue weighted by Crippen LogP contribution is -2.47. The van der Waals surface area contributed by atoms with Gasteiger partial charge in [0.05, 0.1) is 7.11 Å². The molecule has 4 nitrogen and oxygen atoms in total. The van der Waals surface area contributed by atoms with E-state index in [2.05, 4.69) is 24.4 Å². The fraction of sp³-hybridized carbons (Fsp3) is 0.588. The van der Waals surface area contributed by atoms with E-state index in [9.17, 15) is 4.79 Å². The highest BCUT2D eigenvalue weighted by molar-refractivity contribution is 5.74. The van der Waals surface area contributed by atoms with Crippen molar-refractivity contribution < 1.29 is 9.53 Å². The molecule has 0 saturated carbocycles. The molecule has 1 atom stereocenters. The van der Waals surface area contributed by atoms with Crippen molar-refractivity contribution >= 4 is 6.03 Å². The summed E-state index contributed by atoms with van der Waals surface area (Å²) in [6.45, 7) is 3.76. The standard InChI is InChI=1S/C17H26N2O2/c1-14-6-3-4-13-19(14)17(20)18-12-5-7-15-8-10-16(21-2)11-9-15/h8-11,14H,3-7,12-13H2,1-2H3,(H,18,20). The number of hydrogen-bond donors (Lipinski definition) is 1. The molecule has 0 aliphatic carbocycles. The smallest absolute Gasteiger partial charge is 0.317 e. The van der Waals surface area contributed by atoms with Crippen LogP contribution in [0.1, 0.15) is 38.2 Å². The van der Waals surface area contributed by atoms with E-state index in [4.69, 9.17) is 4.74 Å². The van der Waals surface area contributed by atoms with Crippen molar-refractivity contribution in [1.29, 1.82) is 0 Å². The number of carbonyl (C=O) groups is 1. The third-order valence-corrected chi connectivity index (χ3v) is 4.14. The van der Waals surface area contributed by atoms with Gasteiger partial charge in [-0.15, -0.1) is 0 Å². The van der Waals surface area contributed by atoms with Crippen LogP contribution in [-0.2, 0) is 6.42 Å². The van der Waals surface area contributed by atoms with Crippen molar-refractivity contribution in [2.45, 2.75) is 45.1 Å². The molecule has 0 bridgehead atoms. The van der Waals surface area contributed by atoms with Gasteiger partial charge in [-0.25, -0.2) is 4.79 Å². The number of urea groups is 1. The minimum atomic E-state index is 0.0944. The summed E-state index contributed by atoms with van der Waals surface area (Å²) in [4.78, 5) is 14.1. The van der Waals surface area contributed by atoms with E-state index in [1.54, 1.807) is 7.11 Å². The highest BCUT2D eigenvalue weighted by Gasteiger charge is 2.22. The van der Waals surface area contributed by atoms with Crippen LogP contribution in [0.2, 0.25) is 0 Å². The Labute approximate surface area is 127 Å². The topological polar surface area (TPSA) is 41.6 Å². The van der Waals surface area contributed by atoms with Crippen molar-refractivity contribution in [3.05, 3.63) is 29.8 Å². The van der Waals surface area contributed by atoms with E-state index < -0.39 is 0 Å².